The molecule has 4 heterocycles. The molecule has 2 atom stereocenters. The molecular formula is C44H58N6O3S. The van der Waals surface area contributed by atoms with Crippen LogP contribution < -0.4 is 9.46 Å². The Kier molecular flexibility index (Phi) is 11.6. The van der Waals surface area contributed by atoms with E-state index in [0.717, 1.165) is 91.6 Å². The molecule has 9 nitrogen and oxygen atoms in total. The Bertz CT molecular complexity index is 2030. The lowest BCUT2D eigenvalue weighted by Gasteiger charge is -2.30. The van der Waals surface area contributed by atoms with Gasteiger partial charge < -0.3 is 19.1 Å². The Morgan fingerprint density at radius 1 is 1.02 bits per heavy atom. The Labute approximate surface area is 325 Å². The molecule has 0 spiro atoms. The molecule has 2 aromatic carbocycles. The molecule has 1 saturated carbocycles. The Morgan fingerprint density at radius 3 is 2.48 bits per heavy atom. The molecule has 4 aromatic rings. The zero-order valence-corrected chi connectivity index (χ0v) is 34.1. The number of carbonyl (C=O) groups is 2. The molecule has 3 aliphatic rings. The summed E-state index contributed by atoms with van der Waals surface area (Å²) in [5, 5.41) is 6.41. The van der Waals surface area contributed by atoms with Gasteiger partial charge in [0.15, 0.2) is 0 Å². The summed E-state index contributed by atoms with van der Waals surface area (Å²) in [6, 6.07) is 13.0. The number of methoxy groups -OCH3 is 1. The van der Waals surface area contributed by atoms with Gasteiger partial charge in [0.25, 0.3) is 11.8 Å². The van der Waals surface area contributed by atoms with Crippen molar-refractivity contribution >= 4 is 46.3 Å². The number of hydrogen-bond donors (Lipinski definition) is 1. The maximum atomic E-state index is 14.7. The predicted octanol–water partition coefficient (Wildman–Crippen LogP) is 9.16. The number of benzene rings is 2. The van der Waals surface area contributed by atoms with Crippen LogP contribution in [0.4, 0.5) is 0 Å². The number of nitrogens with one attached hydrogen (secondary N) is 1. The summed E-state index contributed by atoms with van der Waals surface area (Å²) in [4.78, 5) is 32.7. The van der Waals surface area contributed by atoms with Crippen LogP contribution in [0.1, 0.15) is 128 Å². The van der Waals surface area contributed by atoms with Gasteiger partial charge in [-0.3, -0.25) is 19.0 Å². The summed E-state index contributed by atoms with van der Waals surface area (Å²) in [5.74, 6) is 1.12. The fourth-order valence-electron chi connectivity index (χ4n) is 9.42. The lowest BCUT2D eigenvalue weighted by molar-refractivity contribution is 0.0655. The Hall–Kier alpha value is -4.02. The smallest absolute Gasteiger partial charge is 0.261 e. The van der Waals surface area contributed by atoms with Crippen molar-refractivity contribution in [1.29, 1.82) is 0 Å². The molecule has 2 aliphatic heterocycles. The number of carbonyl (C=O) groups excluding carboxylic acids is 2. The molecule has 1 aliphatic carbocycles. The van der Waals surface area contributed by atoms with Gasteiger partial charge in [-0.25, -0.2) is 0 Å². The van der Waals surface area contributed by atoms with E-state index in [0.29, 0.717) is 28.8 Å². The standard InChI is InChI=1S/C44H58N6O3S/c1-8-12-29(13-9-2)40-37-20-17-30(43(51)46-54-35-14-10-11-15-35)24-39(37)49-26-32(22-31-23-34(53-7)19-21-36(31)42(40)49)41-38(25-45-48(41)6)44(52)50-28(3)16-18-33(50)27-47(4)5/h17,19-25,28-29,33,35H,8-16,18,26-27H2,1-7H3,(H,46,51). The van der Waals surface area contributed by atoms with Gasteiger partial charge in [-0.05, 0) is 131 Å². The molecule has 7 rings (SSSR count). The zero-order valence-electron chi connectivity index (χ0n) is 33.3. The average Bonchev–Trinajstić information content (AvgIpc) is 3.94. The third-order valence-electron chi connectivity index (χ3n) is 11.9. The quantitative estimate of drug-likeness (QED) is 0.137. The number of nitrogens with zero attached hydrogens (tertiary/aromatic N) is 5. The molecule has 10 heteroatoms. The minimum Gasteiger partial charge on any atom is -0.497 e. The number of amides is 2. The molecule has 2 aromatic heterocycles. The summed E-state index contributed by atoms with van der Waals surface area (Å²) in [6.07, 6.45) is 15.1. The maximum absolute atomic E-state index is 14.7. The van der Waals surface area contributed by atoms with Crippen molar-refractivity contribution < 1.29 is 14.3 Å². The highest BCUT2D eigenvalue weighted by atomic mass is 32.2. The lowest BCUT2D eigenvalue weighted by Crippen LogP contribution is -2.44. The molecule has 2 amide bonds. The van der Waals surface area contributed by atoms with Gasteiger partial charge in [-0.15, -0.1) is 0 Å². The van der Waals surface area contributed by atoms with Crippen molar-refractivity contribution in [3.63, 3.8) is 0 Å². The molecule has 1 saturated heterocycles. The summed E-state index contributed by atoms with van der Waals surface area (Å²) < 4.78 is 13.3. The van der Waals surface area contributed by atoms with E-state index in [4.69, 9.17) is 9.84 Å². The van der Waals surface area contributed by atoms with Gasteiger partial charge in [0.1, 0.15) is 5.75 Å². The van der Waals surface area contributed by atoms with E-state index >= 15 is 0 Å². The van der Waals surface area contributed by atoms with E-state index in [2.05, 4.69) is 90.4 Å². The van der Waals surface area contributed by atoms with Crippen molar-refractivity contribution in [3.8, 4) is 17.0 Å². The minimum absolute atomic E-state index is 0.0360. The number of likely N-dealkylation sites (N-methyl/N-ethyl adjacent to an activating group) is 1. The summed E-state index contributed by atoms with van der Waals surface area (Å²) >= 11 is 1.58. The van der Waals surface area contributed by atoms with Gasteiger partial charge in [0.05, 0.1) is 36.8 Å². The molecule has 2 unspecified atom stereocenters. The maximum Gasteiger partial charge on any atom is 0.261 e. The van der Waals surface area contributed by atoms with E-state index in [-0.39, 0.29) is 23.9 Å². The SMILES string of the molecule is CCCC(CCC)c1c2n(c3cc(C(=O)NSC4CCCC4)ccc13)CC(c1c(C(=O)N3C(C)CCC3CN(C)C)cnn1C)=Cc1cc(OC)ccc1-2. The van der Waals surface area contributed by atoms with Gasteiger partial charge >= 0.3 is 0 Å². The largest absolute Gasteiger partial charge is 0.497 e. The lowest BCUT2D eigenvalue weighted by atomic mass is 9.86. The van der Waals surface area contributed by atoms with Crippen molar-refractivity contribution in [2.24, 2.45) is 7.05 Å². The fourth-order valence-corrected chi connectivity index (χ4v) is 10.4. The number of hydrogen-bond acceptors (Lipinski definition) is 6. The van der Waals surface area contributed by atoms with Crippen molar-refractivity contribution in [1.82, 2.24) is 28.9 Å². The van der Waals surface area contributed by atoms with Crippen LogP contribution in [-0.2, 0) is 13.6 Å². The highest BCUT2D eigenvalue weighted by molar-refractivity contribution is 7.98. The van der Waals surface area contributed by atoms with Crippen LogP contribution in [0.15, 0.2) is 42.6 Å². The van der Waals surface area contributed by atoms with Crippen LogP contribution in [0.3, 0.4) is 0 Å². The highest BCUT2D eigenvalue weighted by Crippen LogP contribution is 2.47. The number of allylic oxidation sites excluding steroid dienone is 1. The second kappa shape index (κ2) is 16.4. The number of aryl methyl sites for hydroxylation is 1. The van der Waals surface area contributed by atoms with E-state index in [1.165, 1.54) is 29.5 Å². The summed E-state index contributed by atoms with van der Waals surface area (Å²) in [7, 11) is 7.80. The van der Waals surface area contributed by atoms with Gasteiger partial charge in [0, 0.05) is 53.0 Å². The summed E-state index contributed by atoms with van der Waals surface area (Å²) in [6.45, 7) is 8.06. The first-order valence-corrected chi connectivity index (χ1v) is 21.0. The van der Waals surface area contributed by atoms with Crippen LogP contribution >= 0.6 is 11.9 Å². The third-order valence-corrected chi connectivity index (χ3v) is 13.0. The molecule has 0 radical (unpaired) electrons. The Balaban J connectivity index is 1.40. The Morgan fingerprint density at radius 2 is 1.78 bits per heavy atom. The van der Waals surface area contributed by atoms with Crippen LogP contribution in [0.2, 0.25) is 0 Å². The monoisotopic (exact) mass is 750 g/mol. The molecule has 54 heavy (non-hydrogen) atoms. The van der Waals surface area contributed by atoms with Crippen molar-refractivity contribution in [2.45, 2.75) is 115 Å². The van der Waals surface area contributed by atoms with Crippen LogP contribution in [0.25, 0.3) is 33.8 Å². The third kappa shape index (κ3) is 7.36. The summed E-state index contributed by atoms with van der Waals surface area (Å²) in [5.41, 5.74) is 8.88. The fraction of sp³-hybridized carbons (Fsp3) is 0.523. The second-order valence-electron chi connectivity index (χ2n) is 16.0. The number of likely N-dealkylation sites (tertiary alicyclic amines) is 1. The topological polar surface area (TPSA) is 84.6 Å². The van der Waals surface area contributed by atoms with Crippen LogP contribution in [0, 0.1) is 0 Å². The number of fused-ring (bicyclic) bond motifs is 5. The predicted molar refractivity (Wildman–Crippen MR) is 222 cm³/mol. The molecule has 288 valence electrons. The van der Waals surface area contributed by atoms with E-state index in [1.807, 2.05) is 17.8 Å². The highest BCUT2D eigenvalue weighted by Gasteiger charge is 2.38. The first kappa shape index (κ1) is 38.3. The van der Waals surface area contributed by atoms with E-state index in [9.17, 15) is 9.59 Å². The first-order valence-electron chi connectivity index (χ1n) is 20.1. The molecule has 2 fully saturated rings. The number of rotatable bonds is 13. The van der Waals surface area contributed by atoms with Crippen LogP contribution in [0.5, 0.6) is 5.75 Å². The number of aromatic nitrogens is 3. The zero-order chi connectivity index (χ0) is 38.1. The normalized spacial score (nSPS) is 18.7. The van der Waals surface area contributed by atoms with Gasteiger partial charge in [-0.1, -0.05) is 45.6 Å². The molecular weight excluding hydrogens is 693 g/mol. The first-order chi connectivity index (χ1) is 26.1. The van der Waals surface area contributed by atoms with Crippen LogP contribution in [-0.4, -0.2) is 81.0 Å². The van der Waals surface area contributed by atoms with Gasteiger partial charge in [-0.2, -0.15) is 5.10 Å². The number of ether oxygens (including phenoxy) is 1. The molecule has 1 N–H and O–H groups in total. The average molecular weight is 751 g/mol. The van der Waals surface area contributed by atoms with E-state index < -0.39 is 0 Å². The van der Waals surface area contributed by atoms with Crippen molar-refractivity contribution in [2.75, 3.05) is 27.7 Å². The van der Waals surface area contributed by atoms with Crippen molar-refractivity contribution in [3.05, 3.63) is 70.5 Å². The molecule has 0 bridgehead atoms. The second-order valence-corrected chi connectivity index (χ2v) is 17.1. The minimum atomic E-state index is -0.0504. The van der Waals surface area contributed by atoms with Gasteiger partial charge in [0.2, 0.25) is 0 Å². The van der Waals surface area contributed by atoms with E-state index in [1.54, 1.807) is 25.3 Å².